The van der Waals surface area contributed by atoms with Gasteiger partial charge in [-0.25, -0.2) is 0 Å². The van der Waals surface area contributed by atoms with E-state index in [4.69, 9.17) is 11.6 Å². The van der Waals surface area contributed by atoms with Gasteiger partial charge >= 0.3 is 0 Å². The third kappa shape index (κ3) is 2.17. The second-order valence-electron chi connectivity index (χ2n) is 2.09. The fourth-order valence-electron chi connectivity index (χ4n) is 0.758. The van der Waals surface area contributed by atoms with E-state index in [1.807, 2.05) is 18.2 Å². The molecule has 0 saturated carbocycles. The maximum Gasteiger partial charge on any atom is 0.241 e. The highest BCUT2D eigenvalue weighted by molar-refractivity contribution is 7.96. The van der Waals surface area contributed by atoms with Crippen molar-refractivity contribution in [2.45, 2.75) is 5.38 Å². The number of carbonyl (C=O) groups is 1. The minimum absolute atomic E-state index is 0.433. The molecule has 3 heteroatoms. The molecule has 0 spiro atoms. The van der Waals surface area contributed by atoms with E-state index in [-0.39, 0.29) is 0 Å². The van der Waals surface area contributed by atoms with Crippen LogP contribution >= 0.6 is 24.2 Å². The minimum atomic E-state index is -0.675. The third-order valence-corrected chi connectivity index (χ3v) is 2.11. The average Bonchev–Trinajstić information content (AvgIpc) is 2.05. The maximum atomic E-state index is 10.6. The molecule has 57 valence electrons. The van der Waals surface area contributed by atoms with Gasteiger partial charge in [0.25, 0.3) is 0 Å². The van der Waals surface area contributed by atoms with Gasteiger partial charge in [-0.3, -0.25) is 4.79 Å². The number of rotatable bonds is 2. The summed E-state index contributed by atoms with van der Waals surface area (Å²) in [5, 5.41) is -1.11. The van der Waals surface area contributed by atoms with Crippen molar-refractivity contribution in [3.8, 4) is 0 Å². The third-order valence-electron chi connectivity index (χ3n) is 1.30. The van der Waals surface area contributed by atoms with Crippen molar-refractivity contribution in [1.29, 1.82) is 0 Å². The number of carbonyl (C=O) groups excluding carboxylic acids is 1. The molecule has 0 bridgehead atoms. The Morgan fingerprint density at radius 2 is 1.91 bits per heavy atom. The zero-order valence-corrected chi connectivity index (χ0v) is 7.23. The standard InChI is InChI=1S/C8H6ClOS/c9-7(8(10)11)6-4-2-1-3-5-6/h1-5,7H. The molecule has 1 aromatic rings. The number of benzene rings is 1. The topological polar surface area (TPSA) is 17.1 Å². The van der Waals surface area contributed by atoms with Crippen molar-refractivity contribution in [2.75, 3.05) is 0 Å². The minimum Gasteiger partial charge on any atom is -0.280 e. The van der Waals surface area contributed by atoms with Crippen LogP contribution in [0.3, 0.4) is 0 Å². The Hall–Kier alpha value is -0.600. The van der Waals surface area contributed by atoms with Crippen LogP contribution in [0.1, 0.15) is 10.9 Å². The Balaban J connectivity index is 2.85. The summed E-state index contributed by atoms with van der Waals surface area (Å²) in [5.74, 6) is 0. The molecule has 0 saturated heterocycles. The van der Waals surface area contributed by atoms with Crippen molar-refractivity contribution in [3.63, 3.8) is 0 Å². The smallest absolute Gasteiger partial charge is 0.241 e. The quantitative estimate of drug-likeness (QED) is 0.648. The molecular formula is C8H6ClOS. The summed E-state index contributed by atoms with van der Waals surface area (Å²) in [4.78, 5) is 10.6. The molecule has 0 heterocycles. The summed E-state index contributed by atoms with van der Waals surface area (Å²) in [6, 6.07) is 9.07. The predicted molar refractivity (Wildman–Crippen MR) is 47.6 cm³/mol. The lowest BCUT2D eigenvalue weighted by atomic mass is 10.2. The second-order valence-corrected chi connectivity index (χ2v) is 2.93. The van der Waals surface area contributed by atoms with E-state index < -0.39 is 10.5 Å². The molecule has 1 nitrogen and oxygen atoms in total. The van der Waals surface area contributed by atoms with Gasteiger partial charge in [0, 0.05) is 0 Å². The fourth-order valence-corrected chi connectivity index (χ4v) is 1.04. The zero-order valence-electron chi connectivity index (χ0n) is 5.66. The highest BCUT2D eigenvalue weighted by atomic mass is 35.5. The second kappa shape index (κ2) is 3.69. The summed E-state index contributed by atoms with van der Waals surface area (Å²) < 4.78 is 0. The lowest BCUT2D eigenvalue weighted by Gasteiger charge is -2.01. The van der Waals surface area contributed by atoms with Crippen molar-refractivity contribution in [2.24, 2.45) is 0 Å². The molecule has 0 aromatic heterocycles. The van der Waals surface area contributed by atoms with Gasteiger partial charge in [-0.05, 0) is 18.2 Å². The molecule has 1 aromatic carbocycles. The molecule has 0 N–H and O–H groups in total. The molecule has 11 heavy (non-hydrogen) atoms. The highest BCUT2D eigenvalue weighted by Gasteiger charge is 2.13. The largest absolute Gasteiger partial charge is 0.280 e. The summed E-state index contributed by atoms with van der Waals surface area (Å²) in [5.41, 5.74) is 0.758. The van der Waals surface area contributed by atoms with E-state index in [1.54, 1.807) is 12.1 Å². The SMILES string of the molecule is O=C([S])C(Cl)c1ccccc1. The van der Waals surface area contributed by atoms with Gasteiger partial charge in [0.2, 0.25) is 5.12 Å². The van der Waals surface area contributed by atoms with Crippen LogP contribution in [0.15, 0.2) is 30.3 Å². The molecule has 0 amide bonds. The van der Waals surface area contributed by atoms with Crippen LogP contribution < -0.4 is 0 Å². The molecule has 1 unspecified atom stereocenters. The Kier molecular flexibility index (Phi) is 2.85. The van der Waals surface area contributed by atoms with Crippen molar-refractivity contribution in [3.05, 3.63) is 35.9 Å². The first-order valence-electron chi connectivity index (χ1n) is 3.11. The Morgan fingerprint density at radius 1 is 1.36 bits per heavy atom. The molecule has 0 aliphatic rings. The number of halogens is 1. The van der Waals surface area contributed by atoms with Gasteiger partial charge < -0.3 is 0 Å². The average molecular weight is 186 g/mol. The first-order valence-corrected chi connectivity index (χ1v) is 3.96. The van der Waals surface area contributed by atoms with Crippen LogP contribution in [0.2, 0.25) is 0 Å². The summed E-state index contributed by atoms with van der Waals surface area (Å²) in [6.45, 7) is 0. The van der Waals surface area contributed by atoms with Gasteiger partial charge in [0.1, 0.15) is 5.38 Å². The van der Waals surface area contributed by atoms with Gasteiger partial charge in [0.05, 0.1) is 0 Å². The van der Waals surface area contributed by atoms with E-state index in [1.165, 1.54) is 0 Å². The van der Waals surface area contributed by atoms with Crippen LogP contribution in [-0.2, 0) is 4.79 Å². The van der Waals surface area contributed by atoms with E-state index in [9.17, 15) is 4.79 Å². The van der Waals surface area contributed by atoms with Gasteiger partial charge in [-0.15, -0.1) is 11.6 Å². The van der Waals surface area contributed by atoms with Gasteiger partial charge in [-0.2, -0.15) is 0 Å². The van der Waals surface area contributed by atoms with Crippen LogP contribution in [0.5, 0.6) is 0 Å². The number of hydrogen-bond acceptors (Lipinski definition) is 1. The molecule has 1 atom stereocenters. The summed E-state index contributed by atoms with van der Waals surface area (Å²) >= 11 is 10.1. The Morgan fingerprint density at radius 3 is 2.36 bits per heavy atom. The molecule has 1 rings (SSSR count). The van der Waals surface area contributed by atoms with E-state index in [0.717, 1.165) is 5.56 Å². The van der Waals surface area contributed by atoms with Crippen LogP contribution in [-0.4, -0.2) is 5.12 Å². The number of alkyl halides is 1. The molecule has 0 aliphatic carbocycles. The van der Waals surface area contributed by atoms with Crippen molar-refractivity contribution >= 4 is 29.3 Å². The lowest BCUT2D eigenvalue weighted by molar-refractivity contribution is -0.110. The fraction of sp³-hybridized carbons (Fsp3) is 0.125. The van der Waals surface area contributed by atoms with Gasteiger partial charge in [0.15, 0.2) is 0 Å². The molecule has 0 fully saturated rings. The maximum absolute atomic E-state index is 10.6. The first kappa shape index (κ1) is 8.50. The van der Waals surface area contributed by atoms with Crippen LogP contribution in [0.4, 0.5) is 0 Å². The van der Waals surface area contributed by atoms with Crippen molar-refractivity contribution in [1.82, 2.24) is 0 Å². The molecular weight excluding hydrogens is 180 g/mol. The summed E-state index contributed by atoms with van der Waals surface area (Å²) in [7, 11) is 0. The van der Waals surface area contributed by atoms with Crippen LogP contribution in [0, 0.1) is 0 Å². The Bertz CT molecular complexity index is 248. The normalized spacial score (nSPS) is 12.5. The van der Waals surface area contributed by atoms with Gasteiger partial charge in [-0.1, -0.05) is 30.3 Å². The monoisotopic (exact) mass is 185 g/mol. The zero-order chi connectivity index (χ0) is 8.27. The number of hydrogen-bond donors (Lipinski definition) is 0. The summed E-state index contributed by atoms with van der Waals surface area (Å²) in [6.07, 6.45) is 0. The highest BCUT2D eigenvalue weighted by Crippen LogP contribution is 2.21. The van der Waals surface area contributed by atoms with E-state index in [0.29, 0.717) is 0 Å². The first-order chi connectivity index (χ1) is 5.22. The van der Waals surface area contributed by atoms with Crippen LogP contribution in [0.25, 0.3) is 0 Å². The van der Waals surface area contributed by atoms with E-state index >= 15 is 0 Å². The molecule has 1 radical (unpaired) electrons. The Labute approximate surface area is 75.8 Å². The van der Waals surface area contributed by atoms with E-state index in [2.05, 4.69) is 12.6 Å². The van der Waals surface area contributed by atoms with Crippen molar-refractivity contribution < 1.29 is 4.79 Å². The lowest BCUT2D eigenvalue weighted by Crippen LogP contribution is -1.97. The molecule has 0 aliphatic heterocycles. The predicted octanol–water partition coefficient (Wildman–Crippen LogP) is 2.69.